The predicted octanol–water partition coefficient (Wildman–Crippen LogP) is 2.62. The number of halogens is 4. The third-order valence-electron chi connectivity index (χ3n) is 7.51. The van der Waals surface area contributed by atoms with E-state index in [-0.39, 0.29) is 41.8 Å². The number of fused-ring (bicyclic) bond motifs is 2. The average molecular weight is 668 g/mol. The topological polar surface area (TPSA) is 201 Å². The summed E-state index contributed by atoms with van der Waals surface area (Å²) in [4.78, 5) is 33.0. The van der Waals surface area contributed by atoms with Crippen molar-refractivity contribution in [2.45, 2.75) is 37.2 Å². The molecule has 0 bridgehead atoms. The van der Waals surface area contributed by atoms with Crippen molar-refractivity contribution in [1.29, 1.82) is 5.26 Å². The van der Waals surface area contributed by atoms with Crippen LogP contribution in [0.1, 0.15) is 47.4 Å². The molecule has 1 aliphatic heterocycles. The molecular formula is C26H25ClF3N9O5S. The lowest BCUT2D eigenvalue weighted by Crippen LogP contribution is -2.47. The molecule has 6 rings (SSSR count). The van der Waals surface area contributed by atoms with Gasteiger partial charge in [-0.3, -0.25) is 9.20 Å². The van der Waals surface area contributed by atoms with Crippen LogP contribution in [0.3, 0.4) is 0 Å². The molecule has 2 unspecified atom stereocenters. The zero-order chi connectivity index (χ0) is 32.8. The number of rotatable bonds is 5. The first-order valence-electron chi connectivity index (χ1n) is 13.4. The number of nitrogens with one attached hydrogen (secondary N) is 1. The van der Waals surface area contributed by atoms with Gasteiger partial charge in [-0.05, 0) is 37.8 Å². The highest BCUT2D eigenvalue weighted by atomic mass is 35.5. The molecule has 4 aromatic rings. The van der Waals surface area contributed by atoms with Crippen molar-refractivity contribution in [3.05, 3.63) is 52.7 Å². The highest BCUT2D eigenvalue weighted by molar-refractivity contribution is 7.92. The minimum absolute atomic E-state index is 0.0113. The number of nitrogens with two attached hydrogens (primary N) is 1. The van der Waals surface area contributed by atoms with Crippen LogP contribution in [0.4, 0.5) is 24.8 Å². The number of imidazole rings is 1. The first-order valence-corrected chi connectivity index (χ1v) is 15.5. The molecule has 19 heteroatoms. The van der Waals surface area contributed by atoms with Gasteiger partial charge in [0.25, 0.3) is 5.91 Å². The van der Waals surface area contributed by atoms with Crippen LogP contribution in [0.5, 0.6) is 0 Å². The van der Waals surface area contributed by atoms with E-state index in [1.54, 1.807) is 35.9 Å². The molecule has 2 atom stereocenters. The van der Waals surface area contributed by atoms with Crippen LogP contribution in [0.15, 0.2) is 30.9 Å². The van der Waals surface area contributed by atoms with E-state index in [4.69, 9.17) is 27.2 Å². The zero-order valence-electron chi connectivity index (χ0n) is 23.4. The average Bonchev–Trinajstić information content (AvgIpc) is 3.62. The lowest BCUT2D eigenvalue weighted by Gasteiger charge is -2.36. The number of pyridine rings is 1. The molecule has 1 amide bonds. The molecule has 4 aromatic heterocycles. The summed E-state index contributed by atoms with van der Waals surface area (Å²) in [6.45, 7) is 2.19. The third-order valence-corrected chi connectivity index (χ3v) is 9.93. The van der Waals surface area contributed by atoms with Crippen molar-refractivity contribution in [1.82, 2.24) is 29.3 Å². The Bertz CT molecular complexity index is 1970. The number of carboxylic acids is 1. The van der Waals surface area contributed by atoms with Gasteiger partial charge in [0.05, 0.1) is 22.1 Å². The molecule has 4 N–H and O–H groups in total. The molecule has 0 spiro atoms. The second-order valence-electron chi connectivity index (χ2n) is 10.6. The zero-order valence-corrected chi connectivity index (χ0v) is 24.9. The van der Waals surface area contributed by atoms with Crippen molar-refractivity contribution in [3.8, 4) is 6.07 Å². The van der Waals surface area contributed by atoms with Gasteiger partial charge >= 0.3 is 12.1 Å². The summed E-state index contributed by atoms with van der Waals surface area (Å²) in [5.74, 6) is -2.34. The molecule has 2 aliphatic rings. The van der Waals surface area contributed by atoms with Crippen LogP contribution >= 0.6 is 11.6 Å². The summed E-state index contributed by atoms with van der Waals surface area (Å²) >= 11 is 6.70. The van der Waals surface area contributed by atoms with Crippen LogP contribution < -0.4 is 16.0 Å². The van der Waals surface area contributed by atoms with Gasteiger partial charge in [-0.15, -0.1) is 5.10 Å². The quantitative estimate of drug-likeness (QED) is 0.282. The molecule has 0 radical (unpaired) electrons. The fourth-order valence-corrected chi connectivity index (χ4v) is 6.73. The van der Waals surface area contributed by atoms with Gasteiger partial charge in [-0.1, -0.05) is 11.6 Å². The maximum atomic E-state index is 13.6. The molecule has 1 saturated heterocycles. The van der Waals surface area contributed by atoms with Crippen LogP contribution in [0.2, 0.25) is 5.02 Å². The summed E-state index contributed by atoms with van der Waals surface area (Å²) < 4.78 is 59.9. The maximum Gasteiger partial charge on any atom is 0.490 e. The fraction of sp³-hybridized carbons (Fsp3) is 0.385. The highest BCUT2D eigenvalue weighted by Gasteiger charge is 2.40. The second-order valence-corrected chi connectivity index (χ2v) is 13.5. The van der Waals surface area contributed by atoms with E-state index in [1.165, 1.54) is 10.8 Å². The minimum atomic E-state index is -5.08. The van der Waals surface area contributed by atoms with E-state index in [0.717, 1.165) is 18.4 Å². The number of carbonyl (C=O) groups excluding carboxylic acids is 1. The fourth-order valence-electron chi connectivity index (χ4n) is 5.15. The molecule has 2 fully saturated rings. The molecule has 238 valence electrons. The minimum Gasteiger partial charge on any atom is -0.475 e. The van der Waals surface area contributed by atoms with Crippen LogP contribution in [-0.4, -0.2) is 79.7 Å². The maximum absolute atomic E-state index is 13.6. The van der Waals surface area contributed by atoms with Gasteiger partial charge < -0.3 is 21.1 Å². The number of nitrogen functional groups attached to an aromatic ring is 1. The number of carbonyl (C=O) groups is 2. The molecule has 45 heavy (non-hydrogen) atoms. The van der Waals surface area contributed by atoms with Crippen molar-refractivity contribution in [2.75, 3.05) is 29.5 Å². The van der Waals surface area contributed by atoms with Crippen LogP contribution in [-0.2, 0) is 14.6 Å². The van der Waals surface area contributed by atoms with Gasteiger partial charge in [0.15, 0.2) is 27.0 Å². The Hall–Kier alpha value is -4.63. The normalized spacial score (nSPS) is 18.6. The molecule has 5 heterocycles. The number of carboxylic acid groups (broad SMARTS) is 1. The number of alkyl halides is 3. The summed E-state index contributed by atoms with van der Waals surface area (Å²) in [6.07, 6.45) is 1.44. The van der Waals surface area contributed by atoms with E-state index in [0.29, 0.717) is 22.0 Å². The predicted molar refractivity (Wildman–Crippen MR) is 154 cm³/mol. The molecular weight excluding hydrogens is 643 g/mol. The number of aliphatic carboxylic acids is 1. The third kappa shape index (κ3) is 6.17. The number of hydrogen-bond donors (Lipinski definition) is 3. The highest BCUT2D eigenvalue weighted by Crippen LogP contribution is 2.46. The van der Waals surface area contributed by atoms with Crippen LogP contribution in [0.25, 0.3) is 11.2 Å². The second kappa shape index (κ2) is 11.7. The first-order chi connectivity index (χ1) is 21.1. The van der Waals surface area contributed by atoms with Crippen LogP contribution in [0, 0.1) is 17.2 Å². The van der Waals surface area contributed by atoms with E-state index < -0.39 is 39.2 Å². The largest absolute Gasteiger partial charge is 0.490 e. The Morgan fingerprint density at radius 2 is 1.98 bits per heavy atom. The Kier molecular flexibility index (Phi) is 8.27. The number of sulfone groups is 1. The monoisotopic (exact) mass is 667 g/mol. The summed E-state index contributed by atoms with van der Waals surface area (Å²) in [7, 11) is -3.22. The van der Waals surface area contributed by atoms with Gasteiger partial charge in [0, 0.05) is 31.0 Å². The molecule has 0 aromatic carbocycles. The van der Waals surface area contributed by atoms with Gasteiger partial charge in [-0.2, -0.15) is 18.4 Å². The lowest BCUT2D eigenvalue weighted by atomic mass is 10.0. The van der Waals surface area contributed by atoms with E-state index in [1.807, 2.05) is 4.90 Å². The SMILES string of the molecule is CC1CN(c2c(C(NC(=O)c3c(N)nn4cccnc34)C3CC3)cc(Cl)c3c(C#N)ncn23)CCS1(=O)=O.O=C(O)C(F)(F)F. The number of aromatic nitrogens is 5. The summed E-state index contributed by atoms with van der Waals surface area (Å²) in [6, 6.07) is 5.06. The van der Waals surface area contributed by atoms with Gasteiger partial charge in [-0.25, -0.2) is 27.7 Å². The number of amides is 1. The Balaban J connectivity index is 0.000000515. The van der Waals surface area contributed by atoms with E-state index >= 15 is 0 Å². The van der Waals surface area contributed by atoms with Gasteiger partial charge in [0.1, 0.15) is 29.3 Å². The Morgan fingerprint density at radius 3 is 2.58 bits per heavy atom. The molecule has 1 aliphatic carbocycles. The number of anilines is 2. The summed E-state index contributed by atoms with van der Waals surface area (Å²) in [5, 5.41) is 23.8. The van der Waals surface area contributed by atoms with Crippen molar-refractivity contribution >= 4 is 56.1 Å². The Morgan fingerprint density at radius 1 is 1.29 bits per heavy atom. The first kappa shape index (κ1) is 31.8. The lowest BCUT2D eigenvalue weighted by molar-refractivity contribution is -0.192. The standard InChI is InChI=1S/C24H24ClN9O3S.C2HF3O2/c1-13-11-32(7-8-38(13,36)37)24-15(9-16(25)20-17(10-26)29-12-33(20)24)19(14-3-4-14)30-23(35)18-21(27)31-34-6-2-5-28-22(18)34;3-2(4,5)1(6)7/h2,5-6,9,12-14,19H,3-4,7-8,11H2,1H3,(H2,27,31)(H,30,35);(H,6,7). The van der Waals surface area contributed by atoms with Crippen molar-refractivity contribution in [3.63, 3.8) is 0 Å². The Labute approximate surface area is 258 Å². The number of hydrogen-bond acceptors (Lipinski definition) is 10. The van der Waals surface area contributed by atoms with Crippen molar-refractivity contribution in [2.24, 2.45) is 5.92 Å². The number of nitriles is 1. The van der Waals surface area contributed by atoms with E-state index in [2.05, 4.69) is 26.5 Å². The van der Waals surface area contributed by atoms with Crippen molar-refractivity contribution < 1.29 is 36.3 Å². The summed E-state index contributed by atoms with van der Waals surface area (Å²) in [5.41, 5.74) is 7.94. The molecule has 14 nitrogen and oxygen atoms in total. The smallest absolute Gasteiger partial charge is 0.475 e. The van der Waals surface area contributed by atoms with Gasteiger partial charge in [0.2, 0.25) is 0 Å². The molecule has 1 saturated carbocycles. The van der Waals surface area contributed by atoms with E-state index in [9.17, 15) is 31.6 Å². The number of nitrogens with zero attached hydrogens (tertiary/aromatic N) is 7.